The maximum Gasteiger partial charge on any atom is 0.573 e. The molecule has 3 aromatic carbocycles. The van der Waals surface area contributed by atoms with Crippen LogP contribution in [0.5, 0.6) is 5.75 Å². The number of aryl methyl sites for hydroxylation is 1. The number of fused-ring (bicyclic) bond motifs is 1. The van der Waals surface area contributed by atoms with Crippen LogP contribution in [0.3, 0.4) is 0 Å². The third-order valence-corrected chi connectivity index (χ3v) is 7.97. The Morgan fingerprint density at radius 3 is 2.23 bits per heavy atom. The second-order valence-electron chi connectivity index (χ2n) is 10.3. The fraction of sp³-hybridized carbons (Fsp3) is 0.355. The van der Waals surface area contributed by atoms with Crippen LogP contribution >= 0.6 is 23.2 Å². The van der Waals surface area contributed by atoms with Crippen LogP contribution in [0.1, 0.15) is 30.9 Å². The molecule has 0 radical (unpaired) electrons. The van der Waals surface area contributed by atoms with Gasteiger partial charge in [0.1, 0.15) is 5.75 Å². The SMILES string of the molecule is CCCCn1cc(-c2ccc(OC(F)(F)F)cc2)c2cc(CN3CCN(Cc4cc(Cl)ccc4Cl)CC3)ccc21. The molecule has 1 fully saturated rings. The van der Waals surface area contributed by atoms with Gasteiger partial charge in [-0.15, -0.1) is 13.2 Å². The predicted octanol–water partition coefficient (Wildman–Crippen LogP) is 8.63. The summed E-state index contributed by atoms with van der Waals surface area (Å²) >= 11 is 12.5. The number of unbranched alkanes of at least 4 members (excludes halogenated alkanes) is 1. The number of rotatable bonds is 9. The molecule has 0 amide bonds. The summed E-state index contributed by atoms with van der Waals surface area (Å²) in [5.74, 6) is -0.219. The van der Waals surface area contributed by atoms with Gasteiger partial charge in [-0.1, -0.05) is 54.7 Å². The fourth-order valence-corrected chi connectivity index (χ4v) is 5.66. The van der Waals surface area contributed by atoms with Crippen LogP contribution in [-0.2, 0) is 19.6 Å². The Hall–Kier alpha value is -2.71. The van der Waals surface area contributed by atoms with Crippen molar-refractivity contribution in [3.63, 3.8) is 0 Å². The van der Waals surface area contributed by atoms with Crippen LogP contribution in [0.25, 0.3) is 22.0 Å². The minimum atomic E-state index is -4.71. The van der Waals surface area contributed by atoms with E-state index in [0.717, 1.165) is 91.3 Å². The van der Waals surface area contributed by atoms with Crippen LogP contribution in [0, 0.1) is 0 Å². The Bertz CT molecular complexity index is 1440. The summed E-state index contributed by atoms with van der Waals surface area (Å²) in [5.41, 5.74) is 5.26. The summed E-state index contributed by atoms with van der Waals surface area (Å²) < 4.78 is 44.2. The molecule has 212 valence electrons. The minimum Gasteiger partial charge on any atom is -0.406 e. The van der Waals surface area contributed by atoms with Gasteiger partial charge in [0, 0.05) is 78.5 Å². The highest BCUT2D eigenvalue weighted by atomic mass is 35.5. The molecule has 0 spiro atoms. The number of hydrogen-bond donors (Lipinski definition) is 0. The second kappa shape index (κ2) is 12.4. The van der Waals surface area contributed by atoms with Gasteiger partial charge in [0.2, 0.25) is 0 Å². The zero-order valence-electron chi connectivity index (χ0n) is 22.4. The van der Waals surface area contributed by atoms with Crippen LogP contribution < -0.4 is 4.74 Å². The van der Waals surface area contributed by atoms with E-state index in [4.69, 9.17) is 23.2 Å². The molecular weight excluding hydrogens is 558 g/mol. The number of benzene rings is 3. The third-order valence-electron chi connectivity index (χ3n) is 7.37. The molecule has 4 nitrogen and oxygen atoms in total. The second-order valence-corrected chi connectivity index (χ2v) is 11.1. The molecule has 4 aromatic rings. The first kappa shape index (κ1) is 28.8. The normalized spacial score (nSPS) is 15.2. The maximum atomic E-state index is 12.6. The van der Waals surface area contributed by atoms with E-state index in [1.807, 2.05) is 18.2 Å². The average Bonchev–Trinajstić information content (AvgIpc) is 3.28. The number of aromatic nitrogens is 1. The van der Waals surface area contributed by atoms with Crippen molar-refractivity contribution >= 4 is 34.1 Å². The summed E-state index contributed by atoms with van der Waals surface area (Å²) in [6.45, 7) is 8.43. The minimum absolute atomic E-state index is 0.219. The molecule has 9 heteroatoms. The van der Waals surface area contributed by atoms with Gasteiger partial charge in [0.05, 0.1) is 0 Å². The summed E-state index contributed by atoms with van der Waals surface area (Å²) in [6.07, 6.45) is -0.468. The first-order valence-electron chi connectivity index (χ1n) is 13.5. The lowest BCUT2D eigenvalue weighted by atomic mass is 10.0. The predicted molar refractivity (Wildman–Crippen MR) is 156 cm³/mol. The molecule has 0 atom stereocenters. The van der Waals surface area contributed by atoms with Crippen molar-refractivity contribution in [2.24, 2.45) is 0 Å². The van der Waals surface area contributed by atoms with E-state index in [1.54, 1.807) is 12.1 Å². The molecule has 0 unspecified atom stereocenters. The van der Waals surface area contributed by atoms with Crippen molar-refractivity contribution in [2.75, 3.05) is 26.2 Å². The molecule has 0 saturated carbocycles. The van der Waals surface area contributed by atoms with E-state index in [1.165, 1.54) is 17.7 Å². The number of hydrogen-bond acceptors (Lipinski definition) is 3. The highest BCUT2D eigenvalue weighted by Gasteiger charge is 2.31. The quantitative estimate of drug-likeness (QED) is 0.195. The maximum absolute atomic E-state index is 12.6. The average molecular weight is 591 g/mol. The molecule has 1 aromatic heterocycles. The smallest absolute Gasteiger partial charge is 0.406 e. The summed E-state index contributed by atoms with van der Waals surface area (Å²) in [5, 5.41) is 2.54. The van der Waals surface area contributed by atoms with Crippen molar-refractivity contribution in [3.05, 3.63) is 88.0 Å². The van der Waals surface area contributed by atoms with Crippen molar-refractivity contribution in [1.29, 1.82) is 0 Å². The number of ether oxygens (including phenoxy) is 1. The largest absolute Gasteiger partial charge is 0.573 e. The van der Waals surface area contributed by atoms with Gasteiger partial charge in [-0.25, -0.2) is 0 Å². The molecular formula is C31H32Cl2F3N3O. The topological polar surface area (TPSA) is 20.6 Å². The Kier molecular flexibility index (Phi) is 8.95. The van der Waals surface area contributed by atoms with E-state index in [2.05, 4.69) is 50.4 Å². The third kappa shape index (κ3) is 7.13. The molecule has 0 N–H and O–H groups in total. The Morgan fingerprint density at radius 1 is 0.850 bits per heavy atom. The van der Waals surface area contributed by atoms with Gasteiger partial charge in [0.25, 0.3) is 0 Å². The lowest BCUT2D eigenvalue weighted by Crippen LogP contribution is -2.45. The molecule has 1 aliphatic rings. The zero-order chi connectivity index (χ0) is 28.3. The van der Waals surface area contributed by atoms with E-state index in [9.17, 15) is 13.2 Å². The van der Waals surface area contributed by atoms with E-state index in [0.29, 0.717) is 5.02 Å². The fourth-order valence-electron chi connectivity index (χ4n) is 5.29. The van der Waals surface area contributed by atoms with E-state index in [-0.39, 0.29) is 5.75 Å². The molecule has 2 heterocycles. The van der Waals surface area contributed by atoms with Gasteiger partial charge < -0.3 is 9.30 Å². The molecule has 1 saturated heterocycles. The van der Waals surface area contributed by atoms with Crippen LogP contribution in [0.4, 0.5) is 13.2 Å². The van der Waals surface area contributed by atoms with Gasteiger partial charge in [-0.05, 0) is 65.6 Å². The summed E-state index contributed by atoms with van der Waals surface area (Å²) in [4.78, 5) is 4.85. The van der Waals surface area contributed by atoms with Gasteiger partial charge in [-0.2, -0.15) is 0 Å². The Balaban J connectivity index is 1.31. The Morgan fingerprint density at radius 2 is 1.55 bits per heavy atom. The van der Waals surface area contributed by atoms with Gasteiger partial charge in [0.15, 0.2) is 0 Å². The number of piperazine rings is 1. The first-order chi connectivity index (χ1) is 19.2. The molecule has 5 rings (SSSR count). The lowest BCUT2D eigenvalue weighted by Gasteiger charge is -2.35. The molecule has 1 aliphatic heterocycles. The molecule has 0 aliphatic carbocycles. The highest BCUT2D eigenvalue weighted by molar-refractivity contribution is 6.33. The van der Waals surface area contributed by atoms with Crippen molar-refractivity contribution in [1.82, 2.24) is 14.4 Å². The van der Waals surface area contributed by atoms with Crippen LogP contribution in [0.15, 0.2) is 66.9 Å². The monoisotopic (exact) mass is 589 g/mol. The number of halogens is 5. The molecule has 40 heavy (non-hydrogen) atoms. The summed E-state index contributed by atoms with van der Waals surface area (Å²) in [7, 11) is 0. The van der Waals surface area contributed by atoms with Crippen molar-refractivity contribution in [3.8, 4) is 16.9 Å². The van der Waals surface area contributed by atoms with Crippen molar-refractivity contribution < 1.29 is 17.9 Å². The first-order valence-corrected chi connectivity index (χ1v) is 14.3. The zero-order valence-corrected chi connectivity index (χ0v) is 23.9. The lowest BCUT2D eigenvalue weighted by molar-refractivity contribution is -0.274. The van der Waals surface area contributed by atoms with E-state index < -0.39 is 6.36 Å². The van der Waals surface area contributed by atoms with Gasteiger partial charge >= 0.3 is 6.36 Å². The Labute approximate surface area is 242 Å². The highest BCUT2D eigenvalue weighted by Crippen LogP contribution is 2.34. The summed E-state index contributed by atoms with van der Waals surface area (Å²) in [6, 6.07) is 18.3. The standard InChI is InChI=1S/C31H32Cl2F3N3O/c1-2-3-12-39-21-28(23-5-8-26(9-6-23)40-31(34,35)36)27-17-22(4-11-30(27)39)19-37-13-15-38(16-14-37)20-24-18-25(32)7-10-29(24)33/h4-11,17-18,21H,2-3,12-16,19-20H2,1H3. The number of alkyl halides is 3. The number of nitrogens with zero attached hydrogens (tertiary/aromatic N) is 3. The van der Waals surface area contributed by atoms with Crippen LogP contribution in [0.2, 0.25) is 10.0 Å². The van der Waals surface area contributed by atoms with Crippen LogP contribution in [-0.4, -0.2) is 46.9 Å². The van der Waals surface area contributed by atoms with Gasteiger partial charge in [-0.3, -0.25) is 9.80 Å². The molecule has 0 bridgehead atoms. The van der Waals surface area contributed by atoms with E-state index >= 15 is 0 Å². The van der Waals surface area contributed by atoms with Crippen molar-refractivity contribution in [2.45, 2.75) is 45.8 Å².